The van der Waals surface area contributed by atoms with Crippen molar-refractivity contribution in [3.63, 3.8) is 0 Å². The number of halogens is 1. The van der Waals surface area contributed by atoms with Crippen molar-refractivity contribution in [1.29, 1.82) is 0 Å². The van der Waals surface area contributed by atoms with E-state index in [-0.39, 0.29) is 12.0 Å². The summed E-state index contributed by atoms with van der Waals surface area (Å²) in [6, 6.07) is 21.8. The molecule has 1 aliphatic rings. The molecule has 0 unspecified atom stereocenters. The monoisotopic (exact) mass is 484 g/mol. The van der Waals surface area contributed by atoms with Crippen LogP contribution in [0, 0.1) is 0 Å². The first kappa shape index (κ1) is 23.1. The Balaban J connectivity index is 1.36. The van der Waals surface area contributed by atoms with Crippen LogP contribution in [0.3, 0.4) is 0 Å². The highest BCUT2D eigenvalue weighted by molar-refractivity contribution is 7.92. The first-order valence-corrected chi connectivity index (χ1v) is 12.9. The number of carbonyl (C=O) groups excluding carboxylic acids is 1. The van der Waals surface area contributed by atoms with Crippen LogP contribution in [0.4, 0.5) is 5.69 Å². The van der Waals surface area contributed by atoms with Crippen LogP contribution in [0.5, 0.6) is 5.75 Å². The lowest BCUT2D eigenvalue weighted by atomic mass is 10.0. The van der Waals surface area contributed by atoms with Gasteiger partial charge in [-0.05, 0) is 59.7 Å². The summed E-state index contributed by atoms with van der Waals surface area (Å²) in [5.41, 5.74) is 2.89. The average Bonchev–Trinajstić information content (AvgIpc) is 2.80. The number of piperidine rings is 1. The van der Waals surface area contributed by atoms with Crippen molar-refractivity contribution in [2.45, 2.75) is 18.9 Å². The highest BCUT2D eigenvalue weighted by atomic mass is 35.5. The minimum Gasteiger partial charge on any atom is -0.490 e. The smallest absolute Gasteiger partial charge is 0.253 e. The molecule has 6 nitrogen and oxygen atoms in total. The van der Waals surface area contributed by atoms with Gasteiger partial charge >= 0.3 is 0 Å². The van der Waals surface area contributed by atoms with E-state index in [0.717, 1.165) is 36.0 Å². The van der Waals surface area contributed by atoms with Crippen molar-refractivity contribution < 1.29 is 17.9 Å². The van der Waals surface area contributed by atoms with Gasteiger partial charge in [0, 0.05) is 42.2 Å². The van der Waals surface area contributed by atoms with Gasteiger partial charge in [0.25, 0.3) is 5.91 Å². The number of nitrogens with zero attached hydrogens (tertiary/aromatic N) is 1. The van der Waals surface area contributed by atoms with E-state index >= 15 is 0 Å². The number of anilines is 1. The molecule has 4 rings (SSSR count). The largest absolute Gasteiger partial charge is 0.490 e. The molecule has 8 heteroatoms. The van der Waals surface area contributed by atoms with Crippen LogP contribution in [0.15, 0.2) is 72.8 Å². The fourth-order valence-corrected chi connectivity index (χ4v) is 4.53. The molecule has 1 fully saturated rings. The molecule has 0 spiro atoms. The number of benzene rings is 3. The quantitative estimate of drug-likeness (QED) is 0.530. The van der Waals surface area contributed by atoms with Crippen LogP contribution in [-0.4, -0.2) is 44.7 Å². The van der Waals surface area contributed by atoms with Gasteiger partial charge in [-0.2, -0.15) is 0 Å². The number of rotatable bonds is 6. The standard InChI is InChI=1S/C25H25ClN2O4S/c1-33(30,31)27-22-4-2-3-20(17-22)18-5-7-19(8-6-18)25(29)28-15-13-24(14-16-28)32-23-11-9-21(26)10-12-23/h2-12,17,24,27H,13-16H2,1H3. The van der Waals surface area contributed by atoms with Gasteiger partial charge in [-0.25, -0.2) is 8.42 Å². The van der Waals surface area contributed by atoms with Crippen LogP contribution in [0.25, 0.3) is 11.1 Å². The summed E-state index contributed by atoms with van der Waals surface area (Å²) in [7, 11) is -3.34. The Labute approximate surface area is 199 Å². The fourth-order valence-electron chi connectivity index (χ4n) is 3.85. The third kappa shape index (κ3) is 6.27. The van der Waals surface area contributed by atoms with Gasteiger partial charge in [0.2, 0.25) is 10.0 Å². The number of hydrogen-bond donors (Lipinski definition) is 1. The molecular formula is C25H25ClN2O4S. The van der Waals surface area contributed by atoms with E-state index in [1.807, 2.05) is 47.4 Å². The summed E-state index contributed by atoms with van der Waals surface area (Å²) >= 11 is 5.92. The maximum absolute atomic E-state index is 13.0. The fraction of sp³-hybridized carbons (Fsp3) is 0.240. The summed E-state index contributed by atoms with van der Waals surface area (Å²) in [5, 5.41) is 0.673. The maximum Gasteiger partial charge on any atom is 0.253 e. The van der Waals surface area contributed by atoms with Crippen molar-refractivity contribution in [1.82, 2.24) is 4.90 Å². The number of nitrogens with one attached hydrogen (secondary N) is 1. The zero-order valence-corrected chi connectivity index (χ0v) is 19.8. The molecule has 0 radical (unpaired) electrons. The predicted molar refractivity (Wildman–Crippen MR) is 131 cm³/mol. The van der Waals surface area contributed by atoms with Gasteiger partial charge in [0.15, 0.2) is 0 Å². The van der Waals surface area contributed by atoms with E-state index in [2.05, 4.69) is 4.72 Å². The maximum atomic E-state index is 13.0. The SMILES string of the molecule is CS(=O)(=O)Nc1cccc(-c2ccc(C(=O)N3CCC(Oc4ccc(Cl)cc4)CC3)cc2)c1. The Morgan fingerprint density at radius 3 is 2.27 bits per heavy atom. The molecule has 0 bridgehead atoms. The highest BCUT2D eigenvalue weighted by Crippen LogP contribution is 2.25. The molecule has 1 aliphatic heterocycles. The van der Waals surface area contributed by atoms with Crippen molar-refractivity contribution in [3.05, 3.63) is 83.4 Å². The van der Waals surface area contributed by atoms with E-state index in [0.29, 0.717) is 29.4 Å². The topological polar surface area (TPSA) is 75.7 Å². The molecule has 0 atom stereocenters. The minimum atomic E-state index is -3.34. The van der Waals surface area contributed by atoms with Gasteiger partial charge in [0.1, 0.15) is 11.9 Å². The minimum absolute atomic E-state index is 0.000938. The molecule has 1 amide bonds. The van der Waals surface area contributed by atoms with Crippen molar-refractivity contribution in [2.24, 2.45) is 0 Å². The van der Waals surface area contributed by atoms with E-state index in [1.165, 1.54) is 0 Å². The lowest BCUT2D eigenvalue weighted by molar-refractivity contribution is 0.0595. The Hall–Kier alpha value is -3.03. The number of carbonyl (C=O) groups is 1. The Morgan fingerprint density at radius 1 is 0.970 bits per heavy atom. The van der Waals surface area contributed by atoms with E-state index < -0.39 is 10.0 Å². The summed E-state index contributed by atoms with van der Waals surface area (Å²) in [6.07, 6.45) is 2.73. The van der Waals surface area contributed by atoms with Crippen LogP contribution >= 0.6 is 11.6 Å². The van der Waals surface area contributed by atoms with Crippen LogP contribution < -0.4 is 9.46 Å². The Bertz CT molecular complexity index is 1220. The molecule has 1 heterocycles. The molecule has 172 valence electrons. The second-order valence-corrected chi connectivity index (χ2v) is 10.3. The Morgan fingerprint density at radius 2 is 1.64 bits per heavy atom. The zero-order chi connectivity index (χ0) is 23.4. The normalized spacial score (nSPS) is 14.7. The van der Waals surface area contributed by atoms with Crippen molar-refractivity contribution >= 4 is 33.2 Å². The molecule has 1 N–H and O–H groups in total. The van der Waals surface area contributed by atoms with E-state index in [4.69, 9.17) is 16.3 Å². The lowest BCUT2D eigenvalue weighted by Gasteiger charge is -2.32. The molecule has 3 aromatic rings. The van der Waals surface area contributed by atoms with Crippen LogP contribution in [-0.2, 0) is 10.0 Å². The lowest BCUT2D eigenvalue weighted by Crippen LogP contribution is -2.41. The van der Waals surface area contributed by atoms with Crippen molar-refractivity contribution in [3.8, 4) is 16.9 Å². The predicted octanol–water partition coefficient (Wildman–Crippen LogP) is 5.06. The third-order valence-corrected chi connectivity index (χ3v) is 6.34. The summed E-state index contributed by atoms with van der Waals surface area (Å²) in [5.74, 6) is 0.787. The average molecular weight is 485 g/mol. The zero-order valence-electron chi connectivity index (χ0n) is 18.2. The summed E-state index contributed by atoms with van der Waals surface area (Å²) < 4.78 is 31.4. The highest BCUT2D eigenvalue weighted by Gasteiger charge is 2.24. The van der Waals surface area contributed by atoms with Gasteiger partial charge in [-0.1, -0.05) is 35.9 Å². The first-order valence-electron chi connectivity index (χ1n) is 10.7. The molecule has 0 aliphatic carbocycles. The Kier molecular flexibility index (Phi) is 6.91. The first-order chi connectivity index (χ1) is 15.8. The van der Waals surface area contributed by atoms with Gasteiger partial charge in [0.05, 0.1) is 6.26 Å². The second-order valence-electron chi connectivity index (χ2n) is 8.10. The second kappa shape index (κ2) is 9.85. The molecule has 3 aromatic carbocycles. The van der Waals surface area contributed by atoms with Gasteiger partial charge < -0.3 is 9.64 Å². The molecular weight excluding hydrogens is 460 g/mol. The number of ether oxygens (including phenoxy) is 1. The molecule has 33 heavy (non-hydrogen) atoms. The van der Waals surface area contributed by atoms with E-state index in [9.17, 15) is 13.2 Å². The van der Waals surface area contributed by atoms with Gasteiger partial charge in [-0.15, -0.1) is 0 Å². The molecule has 1 saturated heterocycles. The third-order valence-electron chi connectivity index (χ3n) is 5.48. The van der Waals surface area contributed by atoms with E-state index in [1.54, 1.807) is 30.3 Å². The summed E-state index contributed by atoms with van der Waals surface area (Å²) in [6.45, 7) is 1.27. The number of likely N-dealkylation sites (tertiary alicyclic amines) is 1. The molecule has 0 saturated carbocycles. The van der Waals surface area contributed by atoms with Crippen LogP contribution in [0.1, 0.15) is 23.2 Å². The number of sulfonamides is 1. The summed E-state index contributed by atoms with van der Waals surface area (Å²) in [4.78, 5) is 14.8. The number of hydrogen-bond acceptors (Lipinski definition) is 4. The number of amides is 1. The van der Waals surface area contributed by atoms with Crippen LogP contribution in [0.2, 0.25) is 5.02 Å². The van der Waals surface area contributed by atoms with Gasteiger partial charge in [-0.3, -0.25) is 9.52 Å². The van der Waals surface area contributed by atoms with Crippen molar-refractivity contribution in [2.75, 3.05) is 24.1 Å². The molecule has 0 aromatic heterocycles.